The summed E-state index contributed by atoms with van der Waals surface area (Å²) >= 11 is 5.74. The van der Waals surface area contributed by atoms with Crippen LogP contribution in [0.2, 0.25) is 5.02 Å². The number of nitrogen functional groups attached to an aromatic ring is 1. The summed E-state index contributed by atoms with van der Waals surface area (Å²) in [6, 6.07) is 5.77. The van der Waals surface area contributed by atoms with E-state index in [4.69, 9.17) is 21.9 Å². The molecule has 1 aromatic heterocycles. The number of sulfonamides is 1. The number of aromatic nitrogens is 1. The van der Waals surface area contributed by atoms with Gasteiger partial charge in [-0.15, -0.1) is 0 Å². The van der Waals surface area contributed by atoms with Crippen molar-refractivity contribution in [2.75, 3.05) is 5.73 Å². The number of aryl methyl sites for hydroxylation is 1. The number of anilines is 1. The van der Waals surface area contributed by atoms with Crippen LogP contribution in [-0.2, 0) is 16.6 Å². The minimum atomic E-state index is -3.66. The molecule has 2 aromatic rings. The van der Waals surface area contributed by atoms with Crippen molar-refractivity contribution in [2.45, 2.75) is 18.4 Å². The Morgan fingerprint density at radius 1 is 1.42 bits per heavy atom. The summed E-state index contributed by atoms with van der Waals surface area (Å²) in [5.74, 6) is 0.433. The van der Waals surface area contributed by atoms with Crippen LogP contribution in [0.15, 0.2) is 33.7 Å². The number of halogens is 1. The summed E-state index contributed by atoms with van der Waals surface area (Å²) in [5, 5.41) is 3.98. The summed E-state index contributed by atoms with van der Waals surface area (Å²) in [6.07, 6.45) is 0. The van der Waals surface area contributed by atoms with Gasteiger partial charge in [0.05, 0.1) is 27.8 Å². The highest BCUT2D eigenvalue weighted by Gasteiger charge is 2.16. The monoisotopic (exact) mass is 301 g/mol. The summed E-state index contributed by atoms with van der Waals surface area (Å²) < 4.78 is 31.3. The average Bonchev–Trinajstić information content (AvgIpc) is 2.76. The number of benzene rings is 1. The Labute approximate surface area is 115 Å². The van der Waals surface area contributed by atoms with E-state index in [-0.39, 0.29) is 17.1 Å². The van der Waals surface area contributed by atoms with E-state index in [1.807, 2.05) is 0 Å². The maximum Gasteiger partial charge on any atom is 0.241 e. The normalized spacial score (nSPS) is 11.7. The maximum atomic E-state index is 12.0. The Bertz CT molecular complexity index is 697. The van der Waals surface area contributed by atoms with Crippen molar-refractivity contribution >= 4 is 27.3 Å². The van der Waals surface area contributed by atoms with E-state index in [2.05, 4.69) is 9.88 Å². The molecule has 0 spiro atoms. The topological polar surface area (TPSA) is 98.2 Å². The molecule has 2 rings (SSSR count). The zero-order valence-corrected chi connectivity index (χ0v) is 11.6. The molecule has 0 aliphatic rings. The maximum absolute atomic E-state index is 12.0. The van der Waals surface area contributed by atoms with Gasteiger partial charge in [-0.3, -0.25) is 0 Å². The first-order chi connectivity index (χ1) is 8.88. The van der Waals surface area contributed by atoms with Crippen LogP contribution < -0.4 is 10.5 Å². The summed E-state index contributed by atoms with van der Waals surface area (Å²) in [5.41, 5.74) is 6.47. The minimum absolute atomic E-state index is 0.0195. The molecule has 8 heteroatoms. The second kappa shape index (κ2) is 5.20. The third-order valence-electron chi connectivity index (χ3n) is 2.39. The minimum Gasteiger partial charge on any atom is -0.397 e. The predicted molar refractivity (Wildman–Crippen MR) is 71.1 cm³/mol. The lowest BCUT2D eigenvalue weighted by Crippen LogP contribution is -2.23. The molecule has 0 unspecified atom stereocenters. The van der Waals surface area contributed by atoms with E-state index < -0.39 is 10.0 Å². The molecule has 0 saturated carbocycles. The summed E-state index contributed by atoms with van der Waals surface area (Å²) in [4.78, 5) is 0.0469. The van der Waals surface area contributed by atoms with E-state index >= 15 is 0 Å². The predicted octanol–water partition coefficient (Wildman–Crippen LogP) is 1.70. The third-order valence-corrected chi connectivity index (χ3v) is 4.13. The molecule has 0 radical (unpaired) electrons. The van der Waals surface area contributed by atoms with E-state index in [0.717, 1.165) is 0 Å². The molecule has 19 heavy (non-hydrogen) atoms. The van der Waals surface area contributed by atoms with Gasteiger partial charge >= 0.3 is 0 Å². The number of nitrogens with two attached hydrogens (primary N) is 1. The zero-order chi connectivity index (χ0) is 14.0. The molecule has 1 aromatic carbocycles. The largest absolute Gasteiger partial charge is 0.397 e. The van der Waals surface area contributed by atoms with E-state index in [9.17, 15) is 8.42 Å². The van der Waals surface area contributed by atoms with Crippen LogP contribution in [0.1, 0.15) is 11.5 Å². The fraction of sp³-hybridized carbons (Fsp3) is 0.182. The van der Waals surface area contributed by atoms with Crippen molar-refractivity contribution in [1.29, 1.82) is 0 Å². The number of nitrogens with zero attached hydrogens (tertiary/aromatic N) is 1. The average molecular weight is 302 g/mol. The van der Waals surface area contributed by atoms with Gasteiger partial charge in [-0.25, -0.2) is 13.1 Å². The number of nitrogens with one attached hydrogen (secondary N) is 1. The van der Waals surface area contributed by atoms with Gasteiger partial charge in [0.2, 0.25) is 10.0 Å². The lowest BCUT2D eigenvalue weighted by molar-refractivity contribution is 0.377. The van der Waals surface area contributed by atoms with Crippen LogP contribution in [0.4, 0.5) is 5.69 Å². The molecule has 0 aliphatic heterocycles. The first-order valence-corrected chi connectivity index (χ1v) is 7.21. The Kier molecular flexibility index (Phi) is 3.79. The van der Waals surface area contributed by atoms with Crippen molar-refractivity contribution in [1.82, 2.24) is 9.88 Å². The molecular formula is C11H12ClN3O3S. The molecule has 0 fully saturated rings. The zero-order valence-electron chi connectivity index (χ0n) is 10.1. The van der Waals surface area contributed by atoms with Crippen molar-refractivity contribution < 1.29 is 12.9 Å². The third kappa shape index (κ3) is 3.25. The van der Waals surface area contributed by atoms with Gasteiger partial charge < -0.3 is 10.3 Å². The molecule has 0 amide bonds. The molecular weight excluding hydrogens is 290 g/mol. The highest BCUT2D eigenvalue weighted by molar-refractivity contribution is 7.89. The van der Waals surface area contributed by atoms with E-state index in [1.165, 1.54) is 18.2 Å². The Morgan fingerprint density at radius 3 is 2.74 bits per heavy atom. The van der Waals surface area contributed by atoms with Crippen molar-refractivity contribution in [3.05, 3.63) is 40.7 Å². The van der Waals surface area contributed by atoms with Crippen LogP contribution in [0, 0.1) is 6.92 Å². The van der Waals surface area contributed by atoms with Crippen LogP contribution in [-0.4, -0.2) is 13.6 Å². The summed E-state index contributed by atoms with van der Waals surface area (Å²) in [6.45, 7) is 1.77. The highest BCUT2D eigenvalue weighted by Crippen LogP contribution is 2.22. The molecule has 102 valence electrons. The van der Waals surface area contributed by atoms with Crippen LogP contribution in [0.3, 0.4) is 0 Å². The standard InChI is InChI=1S/C11H12ClN3O3S/c1-7-4-8(18-15-7)6-14-19(16,17)9-2-3-10(12)11(13)5-9/h2-5,14H,6,13H2,1H3. The molecule has 6 nitrogen and oxygen atoms in total. The first-order valence-electron chi connectivity index (χ1n) is 5.35. The molecule has 3 N–H and O–H groups in total. The van der Waals surface area contributed by atoms with E-state index in [0.29, 0.717) is 16.5 Å². The van der Waals surface area contributed by atoms with Crippen LogP contribution in [0.25, 0.3) is 0 Å². The number of hydrogen-bond donors (Lipinski definition) is 2. The smallest absolute Gasteiger partial charge is 0.241 e. The number of rotatable bonds is 4. The van der Waals surface area contributed by atoms with Gasteiger partial charge in [0.15, 0.2) is 5.76 Å². The summed E-state index contributed by atoms with van der Waals surface area (Å²) in [7, 11) is -3.66. The van der Waals surface area contributed by atoms with Gasteiger partial charge in [0, 0.05) is 6.07 Å². The first kappa shape index (κ1) is 13.9. The molecule has 1 heterocycles. The van der Waals surface area contributed by atoms with Gasteiger partial charge in [0.25, 0.3) is 0 Å². The van der Waals surface area contributed by atoms with Gasteiger partial charge in [-0.1, -0.05) is 16.8 Å². The quantitative estimate of drug-likeness (QED) is 0.837. The van der Waals surface area contributed by atoms with Gasteiger partial charge in [-0.05, 0) is 25.1 Å². The van der Waals surface area contributed by atoms with Gasteiger partial charge in [0.1, 0.15) is 0 Å². The molecule has 0 bridgehead atoms. The van der Waals surface area contributed by atoms with E-state index in [1.54, 1.807) is 13.0 Å². The SMILES string of the molecule is Cc1cc(CNS(=O)(=O)c2ccc(Cl)c(N)c2)on1. The van der Waals surface area contributed by atoms with Crippen molar-refractivity contribution in [3.8, 4) is 0 Å². The molecule has 0 atom stereocenters. The number of hydrogen-bond acceptors (Lipinski definition) is 5. The Balaban J connectivity index is 2.16. The highest BCUT2D eigenvalue weighted by atomic mass is 35.5. The molecule has 0 saturated heterocycles. The van der Waals surface area contributed by atoms with Crippen LogP contribution in [0.5, 0.6) is 0 Å². The second-order valence-electron chi connectivity index (χ2n) is 3.94. The fourth-order valence-electron chi connectivity index (χ4n) is 1.44. The van der Waals surface area contributed by atoms with Crippen LogP contribution >= 0.6 is 11.6 Å². The molecule has 0 aliphatic carbocycles. The Morgan fingerprint density at radius 2 is 2.16 bits per heavy atom. The van der Waals surface area contributed by atoms with Crippen molar-refractivity contribution in [3.63, 3.8) is 0 Å². The Hall–Kier alpha value is -1.57. The lowest BCUT2D eigenvalue weighted by atomic mass is 10.3. The fourth-order valence-corrected chi connectivity index (χ4v) is 2.58. The van der Waals surface area contributed by atoms with Gasteiger partial charge in [-0.2, -0.15) is 0 Å². The lowest BCUT2D eigenvalue weighted by Gasteiger charge is -2.06. The second-order valence-corrected chi connectivity index (χ2v) is 6.12. The van der Waals surface area contributed by atoms with Crippen molar-refractivity contribution in [2.24, 2.45) is 0 Å².